The monoisotopic (exact) mass is 353 g/mol. The maximum Gasteiger partial charge on any atom is 0.306 e. The molecule has 1 aliphatic rings. The number of carbonyl (C=O) groups excluding carboxylic acids is 1. The van der Waals surface area contributed by atoms with E-state index < -0.39 is 12.1 Å². The SMILES string of the molecule is CC(C)C(Oc1cccc(Cl)c1)C(=O)NC1CCC(C(=O)O)CC1. The highest BCUT2D eigenvalue weighted by atomic mass is 35.5. The van der Waals surface area contributed by atoms with E-state index in [-0.39, 0.29) is 23.8 Å². The van der Waals surface area contributed by atoms with Gasteiger partial charge in [-0.1, -0.05) is 31.5 Å². The van der Waals surface area contributed by atoms with Crippen LogP contribution in [0.3, 0.4) is 0 Å². The molecule has 0 heterocycles. The van der Waals surface area contributed by atoms with E-state index in [0.717, 1.165) is 0 Å². The van der Waals surface area contributed by atoms with E-state index in [1.54, 1.807) is 24.3 Å². The van der Waals surface area contributed by atoms with Crippen molar-refractivity contribution in [3.63, 3.8) is 0 Å². The normalized spacial score (nSPS) is 22.0. The molecule has 1 saturated carbocycles. The van der Waals surface area contributed by atoms with E-state index in [1.165, 1.54) is 0 Å². The Labute approximate surface area is 147 Å². The molecule has 1 amide bonds. The molecular formula is C18H24ClNO4. The van der Waals surface area contributed by atoms with Crippen molar-refractivity contribution in [2.45, 2.75) is 51.7 Å². The molecule has 0 saturated heterocycles. The lowest BCUT2D eigenvalue weighted by Crippen LogP contribution is -2.47. The molecule has 1 fully saturated rings. The lowest BCUT2D eigenvalue weighted by atomic mass is 9.86. The van der Waals surface area contributed by atoms with Crippen LogP contribution in [0, 0.1) is 11.8 Å². The van der Waals surface area contributed by atoms with E-state index >= 15 is 0 Å². The Morgan fingerprint density at radius 1 is 1.25 bits per heavy atom. The van der Waals surface area contributed by atoms with Gasteiger partial charge in [0.05, 0.1) is 5.92 Å². The maximum atomic E-state index is 12.6. The van der Waals surface area contributed by atoms with Crippen LogP contribution < -0.4 is 10.1 Å². The molecule has 132 valence electrons. The van der Waals surface area contributed by atoms with Crippen LogP contribution in [0.4, 0.5) is 0 Å². The molecule has 0 aromatic heterocycles. The van der Waals surface area contributed by atoms with Gasteiger partial charge in [-0.3, -0.25) is 9.59 Å². The molecule has 2 rings (SSSR count). The lowest BCUT2D eigenvalue weighted by Gasteiger charge is -2.29. The molecule has 0 spiro atoms. The first-order valence-electron chi connectivity index (χ1n) is 8.32. The minimum atomic E-state index is -0.746. The molecular weight excluding hydrogens is 330 g/mol. The van der Waals surface area contributed by atoms with Gasteiger partial charge in [0.2, 0.25) is 0 Å². The standard InChI is InChI=1S/C18H24ClNO4/c1-11(2)16(24-15-5-3-4-13(19)10-15)17(21)20-14-8-6-12(7-9-14)18(22)23/h3-5,10-12,14,16H,6-9H2,1-2H3,(H,20,21)(H,22,23). The van der Waals surface area contributed by atoms with Gasteiger partial charge in [0.1, 0.15) is 5.75 Å². The molecule has 1 atom stereocenters. The Bertz CT molecular complexity index is 582. The third-order valence-electron chi connectivity index (χ3n) is 4.35. The van der Waals surface area contributed by atoms with Gasteiger partial charge in [0.25, 0.3) is 5.91 Å². The van der Waals surface area contributed by atoms with E-state index in [2.05, 4.69) is 5.32 Å². The lowest BCUT2D eigenvalue weighted by molar-refractivity contribution is -0.142. The first kappa shape index (κ1) is 18.6. The molecule has 1 aromatic rings. The number of rotatable bonds is 6. The molecule has 0 bridgehead atoms. The smallest absolute Gasteiger partial charge is 0.306 e. The first-order chi connectivity index (χ1) is 11.4. The van der Waals surface area contributed by atoms with Crippen LogP contribution in [0.1, 0.15) is 39.5 Å². The molecule has 6 heteroatoms. The summed E-state index contributed by atoms with van der Waals surface area (Å²) in [6, 6.07) is 6.99. The highest BCUT2D eigenvalue weighted by Gasteiger charge is 2.30. The van der Waals surface area contributed by atoms with Crippen molar-refractivity contribution in [1.29, 1.82) is 0 Å². The van der Waals surface area contributed by atoms with Crippen molar-refractivity contribution in [3.05, 3.63) is 29.3 Å². The van der Waals surface area contributed by atoms with Crippen molar-refractivity contribution in [3.8, 4) is 5.75 Å². The summed E-state index contributed by atoms with van der Waals surface area (Å²) < 4.78 is 5.83. The van der Waals surface area contributed by atoms with Crippen molar-refractivity contribution >= 4 is 23.5 Å². The van der Waals surface area contributed by atoms with Crippen molar-refractivity contribution in [2.24, 2.45) is 11.8 Å². The van der Waals surface area contributed by atoms with Crippen LogP contribution in [-0.4, -0.2) is 29.1 Å². The minimum Gasteiger partial charge on any atom is -0.481 e. The van der Waals surface area contributed by atoms with Crippen LogP contribution in [0.5, 0.6) is 5.75 Å². The van der Waals surface area contributed by atoms with Crippen LogP contribution in [-0.2, 0) is 9.59 Å². The van der Waals surface area contributed by atoms with Crippen molar-refractivity contribution in [1.82, 2.24) is 5.32 Å². The number of carboxylic acid groups (broad SMARTS) is 1. The van der Waals surface area contributed by atoms with Gasteiger partial charge in [-0.25, -0.2) is 0 Å². The molecule has 24 heavy (non-hydrogen) atoms. The first-order valence-corrected chi connectivity index (χ1v) is 8.70. The second kappa shape index (κ2) is 8.38. The minimum absolute atomic E-state index is 0.000611. The molecule has 1 unspecified atom stereocenters. The van der Waals surface area contributed by atoms with Crippen molar-refractivity contribution in [2.75, 3.05) is 0 Å². The van der Waals surface area contributed by atoms with Gasteiger partial charge in [-0.05, 0) is 49.8 Å². The van der Waals surface area contributed by atoms with Gasteiger partial charge < -0.3 is 15.2 Å². The molecule has 2 N–H and O–H groups in total. The van der Waals surface area contributed by atoms with Crippen LogP contribution in [0.25, 0.3) is 0 Å². The van der Waals surface area contributed by atoms with Crippen molar-refractivity contribution < 1.29 is 19.4 Å². The van der Waals surface area contributed by atoms with E-state index in [4.69, 9.17) is 21.4 Å². The predicted molar refractivity (Wildman–Crippen MR) is 92.2 cm³/mol. The number of carbonyl (C=O) groups is 2. The highest BCUT2D eigenvalue weighted by Crippen LogP contribution is 2.25. The van der Waals surface area contributed by atoms with Gasteiger partial charge in [0.15, 0.2) is 6.10 Å². The largest absolute Gasteiger partial charge is 0.481 e. The highest BCUT2D eigenvalue weighted by molar-refractivity contribution is 6.30. The summed E-state index contributed by atoms with van der Waals surface area (Å²) in [4.78, 5) is 23.6. The van der Waals surface area contributed by atoms with Crippen LogP contribution >= 0.6 is 11.6 Å². The summed E-state index contributed by atoms with van der Waals surface area (Å²) in [5.74, 6) is -0.639. The third-order valence-corrected chi connectivity index (χ3v) is 4.58. The predicted octanol–water partition coefficient (Wildman–Crippen LogP) is 3.50. The van der Waals surface area contributed by atoms with E-state index in [1.807, 2.05) is 13.8 Å². The molecule has 0 aliphatic heterocycles. The number of carboxylic acids is 1. The zero-order valence-corrected chi connectivity index (χ0v) is 14.8. The summed E-state index contributed by atoms with van der Waals surface area (Å²) in [5.41, 5.74) is 0. The topological polar surface area (TPSA) is 75.6 Å². The zero-order chi connectivity index (χ0) is 17.7. The van der Waals surface area contributed by atoms with E-state index in [0.29, 0.717) is 36.5 Å². The quantitative estimate of drug-likeness (QED) is 0.820. The number of hydrogen-bond donors (Lipinski definition) is 2. The Hall–Kier alpha value is -1.75. The zero-order valence-electron chi connectivity index (χ0n) is 14.0. The molecule has 0 radical (unpaired) electrons. The second-order valence-corrected chi connectivity index (χ2v) is 7.07. The Balaban J connectivity index is 1.93. The number of aliphatic carboxylic acids is 1. The van der Waals surface area contributed by atoms with Gasteiger partial charge in [-0.2, -0.15) is 0 Å². The number of halogens is 1. The van der Waals surface area contributed by atoms with Gasteiger partial charge in [0, 0.05) is 11.1 Å². The average Bonchev–Trinajstić information content (AvgIpc) is 2.52. The van der Waals surface area contributed by atoms with Gasteiger partial charge >= 0.3 is 5.97 Å². The summed E-state index contributed by atoms with van der Waals surface area (Å²) in [6.45, 7) is 3.85. The fourth-order valence-electron chi connectivity index (χ4n) is 2.95. The van der Waals surface area contributed by atoms with Crippen LogP contribution in [0.2, 0.25) is 5.02 Å². The molecule has 1 aliphatic carbocycles. The van der Waals surface area contributed by atoms with Crippen LogP contribution in [0.15, 0.2) is 24.3 Å². The number of ether oxygens (including phenoxy) is 1. The summed E-state index contributed by atoms with van der Waals surface area (Å²) in [6.07, 6.45) is 1.96. The Morgan fingerprint density at radius 2 is 1.92 bits per heavy atom. The summed E-state index contributed by atoms with van der Waals surface area (Å²) >= 11 is 5.95. The number of benzene rings is 1. The van der Waals surface area contributed by atoms with E-state index in [9.17, 15) is 9.59 Å². The maximum absolute atomic E-state index is 12.6. The van der Waals surface area contributed by atoms with Gasteiger partial charge in [-0.15, -0.1) is 0 Å². The molecule has 1 aromatic carbocycles. The number of nitrogens with one attached hydrogen (secondary N) is 1. The second-order valence-electron chi connectivity index (χ2n) is 6.64. The number of hydrogen-bond acceptors (Lipinski definition) is 3. The third kappa shape index (κ3) is 5.13. The summed E-state index contributed by atoms with van der Waals surface area (Å²) in [7, 11) is 0. The summed E-state index contributed by atoms with van der Waals surface area (Å²) in [5, 5.41) is 12.6. The fraction of sp³-hybridized carbons (Fsp3) is 0.556. The molecule has 5 nitrogen and oxygen atoms in total. The average molecular weight is 354 g/mol. The Morgan fingerprint density at radius 3 is 2.46 bits per heavy atom. The fourth-order valence-corrected chi connectivity index (χ4v) is 3.13. The Kier molecular flexibility index (Phi) is 6.49. The number of amides is 1.